The van der Waals surface area contributed by atoms with Crippen LogP contribution in [0.5, 0.6) is 0 Å². The minimum absolute atomic E-state index is 0.194. The van der Waals surface area contributed by atoms with E-state index in [2.05, 4.69) is 109 Å². The van der Waals surface area contributed by atoms with E-state index in [9.17, 15) is 36.7 Å². The molecule has 24 nitrogen and oxygen atoms in total. The Kier molecular flexibility index (Phi) is 31.5. The number of carbonyl (C=O) groups is 4. The van der Waals surface area contributed by atoms with E-state index in [0.29, 0.717) is 167 Å². The van der Waals surface area contributed by atoms with Gasteiger partial charge in [0, 0.05) is 127 Å². The summed E-state index contributed by atoms with van der Waals surface area (Å²) in [5.41, 5.74) is 44.1. The van der Waals surface area contributed by atoms with Gasteiger partial charge >= 0.3 is 6.18 Å². The van der Waals surface area contributed by atoms with Crippen molar-refractivity contribution in [3.05, 3.63) is 447 Å². The minimum atomic E-state index is -4.41. The molecule has 1 saturated carbocycles. The van der Waals surface area contributed by atoms with E-state index in [1.54, 1.807) is 98.7 Å². The second-order valence-electron chi connectivity index (χ2n) is 32.0. The van der Waals surface area contributed by atoms with Crippen molar-refractivity contribution < 1.29 is 36.7 Å². The molecular weight excluding hydrogens is 1730 g/mol. The molecule has 0 unspecified atom stereocenters. The van der Waals surface area contributed by atoms with Gasteiger partial charge in [-0.05, 0) is 236 Å². The van der Waals surface area contributed by atoms with E-state index in [1.165, 1.54) is 49.5 Å². The lowest BCUT2D eigenvalue weighted by Crippen LogP contribution is -2.14. The van der Waals surface area contributed by atoms with Crippen LogP contribution in [0.2, 0.25) is 5.02 Å². The SMILES string of the molecule is C=C(Nc1ccc(C)c(C(=O)Nc2cnc(Cc3cccc(N)c3)nc2)c1)C1CC1.C=C(Nc1ccc(C)c(C(=O)Nc2cnc(Cc3cccc(N)c3)nc2)c1)c1ccc(C(F)(F)F)cc1.C=C(Nc1ccc(C)c(C(=O)Nc2cnc(Cc3cccc(N)c3)nc2)c1)c1cccc(Cl)c1.C=C(Nc1ccc(C)c(C(=O)Nc2cnc(Cc3cccc(N)c3)nc2)c1)c1cccc(F)c1. The van der Waals surface area contributed by atoms with Crippen molar-refractivity contribution in [1.29, 1.82) is 0 Å². The van der Waals surface area contributed by atoms with Crippen molar-refractivity contribution in [3.8, 4) is 0 Å². The van der Waals surface area contributed by atoms with Gasteiger partial charge in [-0.1, -0.05) is 147 Å². The number of amides is 4. The molecule has 0 spiro atoms. The number of carbonyl (C=O) groups excluding carboxylic acids is 4. The van der Waals surface area contributed by atoms with E-state index in [0.717, 1.165) is 79.3 Å². The third kappa shape index (κ3) is 28.3. The van der Waals surface area contributed by atoms with Gasteiger partial charge in [0.25, 0.3) is 23.6 Å². The molecule has 680 valence electrons. The summed E-state index contributed by atoms with van der Waals surface area (Å²) in [6.45, 7) is 23.5. The molecule has 135 heavy (non-hydrogen) atoms. The Morgan fingerprint density at radius 3 is 0.896 bits per heavy atom. The Balaban J connectivity index is 0.000000153. The van der Waals surface area contributed by atoms with E-state index in [4.69, 9.17) is 34.5 Å². The first kappa shape index (κ1) is 95.6. The van der Waals surface area contributed by atoms with Crippen molar-refractivity contribution in [1.82, 2.24) is 39.9 Å². The normalized spacial score (nSPS) is 11.2. The van der Waals surface area contributed by atoms with Crippen LogP contribution in [0.4, 0.5) is 85.8 Å². The molecule has 4 aromatic heterocycles. The number of allylic oxidation sites excluding steroid dienone is 1. The predicted molar refractivity (Wildman–Crippen MR) is 532 cm³/mol. The molecule has 4 amide bonds. The zero-order valence-electron chi connectivity index (χ0n) is 74.3. The van der Waals surface area contributed by atoms with E-state index in [1.807, 2.05) is 172 Å². The second-order valence-corrected chi connectivity index (χ2v) is 32.4. The zero-order valence-corrected chi connectivity index (χ0v) is 75.0. The van der Waals surface area contributed by atoms with Crippen LogP contribution in [0.3, 0.4) is 0 Å². The van der Waals surface area contributed by atoms with Gasteiger partial charge in [-0.2, -0.15) is 13.2 Å². The van der Waals surface area contributed by atoms with Gasteiger partial charge in [-0.15, -0.1) is 0 Å². The van der Waals surface area contributed by atoms with Crippen LogP contribution in [0.25, 0.3) is 17.1 Å². The molecule has 1 aliphatic carbocycles. The molecular formula is C106H97ClF4N20O4. The van der Waals surface area contributed by atoms with Crippen molar-refractivity contribution in [2.24, 2.45) is 5.92 Å². The van der Waals surface area contributed by atoms with Crippen LogP contribution in [-0.4, -0.2) is 63.5 Å². The summed E-state index contributed by atoms with van der Waals surface area (Å²) in [5.74, 6) is 1.65. The van der Waals surface area contributed by atoms with Crippen molar-refractivity contribution in [2.45, 2.75) is 72.4 Å². The second kappa shape index (κ2) is 44.5. The maximum atomic E-state index is 13.5. The molecule has 15 aromatic rings. The van der Waals surface area contributed by atoms with Crippen LogP contribution >= 0.6 is 11.6 Å². The fourth-order valence-electron chi connectivity index (χ4n) is 13.8. The highest BCUT2D eigenvalue weighted by Gasteiger charge is 2.30. The number of halogens is 5. The number of nitrogens with two attached hydrogens (primary N) is 4. The largest absolute Gasteiger partial charge is 0.416 e. The van der Waals surface area contributed by atoms with Gasteiger partial charge in [0.2, 0.25) is 0 Å². The monoisotopic (exact) mass is 1820 g/mol. The average Bonchev–Trinajstić information content (AvgIpc) is 1.73. The topological polar surface area (TPSA) is 372 Å². The number of rotatable bonds is 28. The number of nitrogens with zero attached hydrogens (tertiary/aromatic N) is 8. The van der Waals surface area contributed by atoms with Crippen LogP contribution in [0.1, 0.15) is 144 Å². The van der Waals surface area contributed by atoms with Crippen LogP contribution in [0.15, 0.2) is 324 Å². The number of hydrogen-bond acceptors (Lipinski definition) is 20. The number of nitrogen functional groups attached to an aromatic ring is 4. The van der Waals surface area contributed by atoms with Gasteiger partial charge in [0.1, 0.15) is 29.1 Å². The first-order chi connectivity index (χ1) is 64.8. The molecule has 4 heterocycles. The fraction of sp³-hybridized carbons (Fsp3) is 0.113. The highest BCUT2D eigenvalue weighted by molar-refractivity contribution is 6.30. The summed E-state index contributed by atoms with van der Waals surface area (Å²) in [5, 5.41) is 24.7. The van der Waals surface area contributed by atoms with Gasteiger partial charge in [-0.25, -0.2) is 44.3 Å². The Morgan fingerprint density at radius 1 is 0.333 bits per heavy atom. The lowest BCUT2D eigenvalue weighted by atomic mass is 10.1. The molecule has 0 aliphatic heterocycles. The standard InChI is InChI=1S/C28H24F3N5O.C27H24ClN5O.C27H24FN5O.C24H25N5O/c1-17-6-11-23(35-18(2)20-7-9-21(10-8-20)28(29,30)31)14-25(17)27(37)36-24-15-33-26(34-16-24)13-19-4-3-5-22(32)12-19;2*1-17-9-10-23(32-18(2)20-6-4-7-21(28)13-20)14-25(17)27(34)33-24-15-30-26(31-16-24)12-19-5-3-8-22(29)11-19;1-15-6-9-20(28-16(2)18-7-8-18)12-22(15)24(30)29-21-13-26-23(27-14-21)11-17-4-3-5-19(25)10-17/h3-12,14-16,35H,2,13,32H2,1H3,(H,36,37);2*3-11,13-16,32H,2,12,29H2,1H3,(H,33,34);3-6,9-10,12-14,18,28H,2,7-8,11,25H2,1H3,(H,29,30). The molecule has 0 atom stereocenters. The van der Waals surface area contributed by atoms with Gasteiger partial charge < -0.3 is 65.5 Å². The van der Waals surface area contributed by atoms with Crippen molar-refractivity contribution in [2.75, 3.05) is 65.5 Å². The van der Waals surface area contributed by atoms with Gasteiger partial charge in [-0.3, -0.25) is 19.2 Å². The number of anilines is 12. The molecule has 0 radical (unpaired) electrons. The maximum Gasteiger partial charge on any atom is 0.416 e. The first-order valence-electron chi connectivity index (χ1n) is 42.6. The molecule has 29 heteroatoms. The van der Waals surface area contributed by atoms with Crippen LogP contribution in [0, 0.1) is 39.4 Å². The number of alkyl halides is 3. The molecule has 11 aromatic carbocycles. The number of nitrogens with one attached hydrogen (secondary N) is 8. The van der Waals surface area contributed by atoms with Gasteiger partial charge in [0.15, 0.2) is 0 Å². The van der Waals surface area contributed by atoms with Crippen LogP contribution < -0.4 is 65.5 Å². The Hall–Kier alpha value is -17.0. The summed E-state index contributed by atoms with van der Waals surface area (Å²) >= 11 is 6.08. The van der Waals surface area contributed by atoms with E-state index >= 15 is 0 Å². The highest BCUT2D eigenvalue weighted by atomic mass is 35.5. The third-order valence-electron chi connectivity index (χ3n) is 21.2. The zero-order chi connectivity index (χ0) is 95.8. The summed E-state index contributed by atoms with van der Waals surface area (Å²) in [6, 6.07) is 70.4. The predicted octanol–water partition coefficient (Wildman–Crippen LogP) is 22.2. The summed E-state index contributed by atoms with van der Waals surface area (Å²) in [4.78, 5) is 86.4. The first-order valence-corrected chi connectivity index (χ1v) is 43.0. The Morgan fingerprint density at radius 2 is 0.615 bits per heavy atom. The number of aromatic nitrogens is 8. The van der Waals surface area contributed by atoms with E-state index in [-0.39, 0.29) is 29.4 Å². The highest BCUT2D eigenvalue weighted by Crippen LogP contribution is 2.37. The maximum absolute atomic E-state index is 13.5. The lowest BCUT2D eigenvalue weighted by molar-refractivity contribution is -0.137. The molecule has 0 saturated heterocycles. The molecule has 0 bridgehead atoms. The quantitative estimate of drug-likeness (QED) is 0.0160. The summed E-state index contributed by atoms with van der Waals surface area (Å²) in [7, 11) is 0. The number of hydrogen-bond donors (Lipinski definition) is 12. The van der Waals surface area contributed by atoms with Crippen molar-refractivity contribution in [3.63, 3.8) is 0 Å². The summed E-state index contributed by atoms with van der Waals surface area (Å²) in [6.07, 6.45) is 12.8. The molecule has 16 rings (SSSR count). The Bertz CT molecular complexity index is 6650. The van der Waals surface area contributed by atoms with Gasteiger partial charge in [0.05, 0.1) is 77.9 Å². The average molecular weight is 1830 g/mol. The minimum Gasteiger partial charge on any atom is -0.399 e. The molecule has 1 aliphatic rings. The van der Waals surface area contributed by atoms with E-state index < -0.39 is 11.7 Å². The van der Waals surface area contributed by atoms with Crippen LogP contribution in [-0.2, 0) is 31.9 Å². The molecule has 16 N–H and O–H groups in total. The summed E-state index contributed by atoms with van der Waals surface area (Å²) < 4.78 is 52.0. The number of benzene rings is 11. The fourth-order valence-corrected chi connectivity index (χ4v) is 14.0. The third-order valence-corrected chi connectivity index (χ3v) is 21.4. The number of aryl methyl sites for hydroxylation is 4. The smallest absolute Gasteiger partial charge is 0.399 e. The molecule has 1 fully saturated rings. The Labute approximate surface area is 783 Å². The van der Waals surface area contributed by atoms with Crippen molar-refractivity contribution >= 4 is 121 Å². The lowest BCUT2D eigenvalue weighted by Gasteiger charge is -2.14.